The quantitative estimate of drug-likeness (QED) is 0.619. The summed E-state index contributed by atoms with van der Waals surface area (Å²) >= 11 is 0. The minimum atomic E-state index is -1.09. The van der Waals surface area contributed by atoms with Crippen molar-refractivity contribution in [2.24, 2.45) is 0 Å². The third kappa shape index (κ3) is 0.990. The summed E-state index contributed by atoms with van der Waals surface area (Å²) in [6, 6.07) is 0. The number of anilines is 1. The van der Waals surface area contributed by atoms with E-state index in [2.05, 4.69) is 15.3 Å². The Hall–Kier alpha value is -1.65. The van der Waals surface area contributed by atoms with Crippen LogP contribution in [0.2, 0.25) is 0 Å². The van der Waals surface area contributed by atoms with Crippen molar-refractivity contribution in [3.05, 3.63) is 17.6 Å². The summed E-state index contributed by atoms with van der Waals surface area (Å²) in [4.78, 5) is 18.0. The van der Waals surface area contributed by atoms with Crippen LogP contribution < -0.4 is 5.32 Å². The highest BCUT2D eigenvalue weighted by Crippen LogP contribution is 2.17. The standard InChI is InChI=1S/C7H7N3O2/c11-7(12)6-9-3-4-1-2-8-5(4)10-6/h3H,1-2H2,(H,11,12)(H,8,9,10). The van der Waals surface area contributed by atoms with E-state index in [1.165, 1.54) is 0 Å². The molecule has 5 heteroatoms. The fraction of sp³-hybridized carbons (Fsp3) is 0.286. The van der Waals surface area contributed by atoms with Gasteiger partial charge < -0.3 is 10.4 Å². The number of aromatic carboxylic acids is 1. The Morgan fingerprint density at radius 3 is 3.25 bits per heavy atom. The molecule has 1 aromatic heterocycles. The molecule has 62 valence electrons. The van der Waals surface area contributed by atoms with Crippen LogP contribution in [0.3, 0.4) is 0 Å². The molecule has 0 radical (unpaired) electrons. The lowest BCUT2D eigenvalue weighted by Gasteiger charge is -1.97. The number of nitrogens with one attached hydrogen (secondary N) is 1. The minimum absolute atomic E-state index is 0.150. The molecular formula is C7H7N3O2. The molecule has 0 atom stereocenters. The molecule has 2 heterocycles. The van der Waals surface area contributed by atoms with E-state index in [0.717, 1.165) is 18.5 Å². The van der Waals surface area contributed by atoms with Crippen molar-refractivity contribution in [1.29, 1.82) is 0 Å². The number of carboxylic acids is 1. The predicted molar refractivity (Wildman–Crippen MR) is 41.2 cm³/mol. The van der Waals surface area contributed by atoms with Crippen molar-refractivity contribution in [1.82, 2.24) is 9.97 Å². The van der Waals surface area contributed by atoms with Gasteiger partial charge in [-0.1, -0.05) is 0 Å². The van der Waals surface area contributed by atoms with E-state index in [1.54, 1.807) is 6.20 Å². The van der Waals surface area contributed by atoms with Gasteiger partial charge in [-0.25, -0.2) is 14.8 Å². The lowest BCUT2D eigenvalue weighted by atomic mass is 10.3. The fourth-order valence-electron chi connectivity index (χ4n) is 1.16. The Morgan fingerprint density at radius 2 is 2.50 bits per heavy atom. The summed E-state index contributed by atoms with van der Waals surface area (Å²) in [6.45, 7) is 0.813. The maximum absolute atomic E-state index is 10.4. The highest BCUT2D eigenvalue weighted by molar-refractivity contribution is 5.83. The van der Waals surface area contributed by atoms with Gasteiger partial charge in [0.05, 0.1) is 0 Å². The highest BCUT2D eigenvalue weighted by Gasteiger charge is 2.15. The summed E-state index contributed by atoms with van der Waals surface area (Å²) < 4.78 is 0. The van der Waals surface area contributed by atoms with Gasteiger partial charge >= 0.3 is 5.97 Å². The van der Waals surface area contributed by atoms with Crippen LogP contribution in [-0.4, -0.2) is 27.6 Å². The minimum Gasteiger partial charge on any atom is -0.475 e. The molecule has 0 unspecified atom stereocenters. The molecule has 0 aromatic carbocycles. The first-order valence-corrected chi connectivity index (χ1v) is 3.60. The monoisotopic (exact) mass is 165 g/mol. The second-order valence-electron chi connectivity index (χ2n) is 2.55. The Labute approximate surface area is 68.5 Å². The third-order valence-corrected chi connectivity index (χ3v) is 1.74. The van der Waals surface area contributed by atoms with Gasteiger partial charge in [0.1, 0.15) is 5.82 Å². The molecule has 0 saturated heterocycles. The van der Waals surface area contributed by atoms with Gasteiger partial charge in [-0.15, -0.1) is 0 Å². The second-order valence-corrected chi connectivity index (χ2v) is 2.55. The van der Waals surface area contributed by atoms with Crippen molar-refractivity contribution in [2.75, 3.05) is 11.9 Å². The molecule has 0 amide bonds. The SMILES string of the molecule is O=C(O)c1ncc2c(n1)NCC2. The molecule has 0 bridgehead atoms. The zero-order valence-electron chi connectivity index (χ0n) is 6.24. The van der Waals surface area contributed by atoms with E-state index >= 15 is 0 Å². The summed E-state index contributed by atoms with van der Waals surface area (Å²) in [5, 5.41) is 11.5. The Morgan fingerprint density at radius 1 is 1.67 bits per heavy atom. The number of carbonyl (C=O) groups is 1. The van der Waals surface area contributed by atoms with E-state index < -0.39 is 5.97 Å². The topological polar surface area (TPSA) is 75.1 Å². The molecule has 2 N–H and O–H groups in total. The van der Waals surface area contributed by atoms with Gasteiger partial charge in [-0.05, 0) is 6.42 Å². The Balaban J connectivity index is 2.45. The largest absolute Gasteiger partial charge is 0.475 e. The van der Waals surface area contributed by atoms with Crippen LogP contribution in [0.1, 0.15) is 16.2 Å². The summed E-state index contributed by atoms with van der Waals surface area (Å²) in [5.41, 5.74) is 0.986. The van der Waals surface area contributed by atoms with Gasteiger partial charge in [0.25, 0.3) is 0 Å². The zero-order chi connectivity index (χ0) is 8.55. The van der Waals surface area contributed by atoms with Crippen molar-refractivity contribution in [3.63, 3.8) is 0 Å². The lowest BCUT2D eigenvalue weighted by molar-refractivity contribution is 0.0683. The zero-order valence-corrected chi connectivity index (χ0v) is 6.24. The van der Waals surface area contributed by atoms with Crippen molar-refractivity contribution in [2.45, 2.75) is 6.42 Å². The van der Waals surface area contributed by atoms with E-state index in [1.807, 2.05) is 0 Å². The summed E-state index contributed by atoms with van der Waals surface area (Å²) in [6.07, 6.45) is 2.43. The van der Waals surface area contributed by atoms with Crippen LogP contribution in [-0.2, 0) is 6.42 Å². The van der Waals surface area contributed by atoms with E-state index in [4.69, 9.17) is 5.11 Å². The maximum atomic E-state index is 10.4. The van der Waals surface area contributed by atoms with Gasteiger partial charge in [-0.2, -0.15) is 0 Å². The van der Waals surface area contributed by atoms with Crippen molar-refractivity contribution in [3.8, 4) is 0 Å². The van der Waals surface area contributed by atoms with E-state index in [9.17, 15) is 4.79 Å². The first-order chi connectivity index (χ1) is 5.77. The number of nitrogens with zero attached hydrogens (tertiary/aromatic N) is 2. The molecule has 1 aliphatic heterocycles. The Kier molecular flexibility index (Phi) is 1.43. The van der Waals surface area contributed by atoms with Crippen LogP contribution >= 0.6 is 0 Å². The average molecular weight is 165 g/mol. The number of fused-ring (bicyclic) bond motifs is 1. The highest BCUT2D eigenvalue weighted by atomic mass is 16.4. The van der Waals surface area contributed by atoms with Crippen LogP contribution in [0, 0.1) is 0 Å². The van der Waals surface area contributed by atoms with Crippen LogP contribution in [0.5, 0.6) is 0 Å². The number of rotatable bonds is 1. The van der Waals surface area contributed by atoms with Gasteiger partial charge in [0.15, 0.2) is 0 Å². The maximum Gasteiger partial charge on any atom is 0.374 e. The lowest BCUT2D eigenvalue weighted by Crippen LogP contribution is -2.05. The molecule has 1 aromatic rings. The molecule has 5 nitrogen and oxygen atoms in total. The van der Waals surface area contributed by atoms with Crippen molar-refractivity contribution < 1.29 is 9.90 Å². The van der Waals surface area contributed by atoms with Crippen LogP contribution in [0.4, 0.5) is 5.82 Å². The average Bonchev–Trinajstić information content (AvgIpc) is 2.49. The number of hydrogen-bond donors (Lipinski definition) is 2. The molecule has 0 spiro atoms. The normalized spacial score (nSPS) is 13.7. The van der Waals surface area contributed by atoms with Gasteiger partial charge in [0, 0.05) is 18.3 Å². The molecule has 2 rings (SSSR count). The summed E-state index contributed by atoms with van der Waals surface area (Å²) in [7, 11) is 0. The second kappa shape index (κ2) is 2.44. The predicted octanol–water partition coefficient (Wildman–Crippen LogP) is 0.143. The van der Waals surface area contributed by atoms with Crippen LogP contribution in [0.25, 0.3) is 0 Å². The molecule has 0 fully saturated rings. The van der Waals surface area contributed by atoms with Gasteiger partial charge in [-0.3, -0.25) is 0 Å². The number of aromatic nitrogens is 2. The van der Waals surface area contributed by atoms with Crippen molar-refractivity contribution >= 4 is 11.8 Å². The fourth-order valence-corrected chi connectivity index (χ4v) is 1.16. The molecule has 1 aliphatic rings. The first kappa shape index (κ1) is 7.02. The summed E-state index contributed by atoms with van der Waals surface area (Å²) in [5.74, 6) is -0.586. The molecule has 0 aliphatic carbocycles. The molecular weight excluding hydrogens is 158 g/mol. The smallest absolute Gasteiger partial charge is 0.374 e. The Bertz CT molecular complexity index is 337. The van der Waals surface area contributed by atoms with E-state index in [-0.39, 0.29) is 5.82 Å². The van der Waals surface area contributed by atoms with Crippen LogP contribution in [0.15, 0.2) is 6.20 Å². The van der Waals surface area contributed by atoms with E-state index in [0.29, 0.717) is 5.82 Å². The first-order valence-electron chi connectivity index (χ1n) is 3.60. The third-order valence-electron chi connectivity index (χ3n) is 1.74. The molecule has 12 heavy (non-hydrogen) atoms. The van der Waals surface area contributed by atoms with Gasteiger partial charge in [0.2, 0.25) is 5.82 Å². The number of carboxylic acid groups (broad SMARTS) is 1. The molecule has 0 saturated carbocycles. The number of hydrogen-bond acceptors (Lipinski definition) is 4.